The van der Waals surface area contributed by atoms with Gasteiger partial charge in [-0.1, -0.05) is 30.0 Å². The van der Waals surface area contributed by atoms with Crippen LogP contribution in [-0.4, -0.2) is 51.9 Å². The first-order chi connectivity index (χ1) is 15.9. The van der Waals surface area contributed by atoms with E-state index in [-0.39, 0.29) is 24.0 Å². The van der Waals surface area contributed by atoms with E-state index in [1.54, 1.807) is 48.7 Å². The highest BCUT2D eigenvalue weighted by molar-refractivity contribution is 6.22. The Morgan fingerprint density at radius 1 is 1.15 bits per heavy atom. The molecule has 4 rings (SSSR count). The number of fused-ring (bicyclic) bond motifs is 2. The summed E-state index contributed by atoms with van der Waals surface area (Å²) in [7, 11) is 1.21. The molecular weight excluding hydrogens is 426 g/mol. The number of aromatic nitrogens is 1. The number of hydroxylamine groups is 1. The fourth-order valence-corrected chi connectivity index (χ4v) is 3.81. The number of amides is 3. The molecule has 0 saturated carbocycles. The Hall–Kier alpha value is -4.42. The molecule has 33 heavy (non-hydrogen) atoms. The van der Waals surface area contributed by atoms with Crippen molar-refractivity contribution in [3.8, 4) is 11.8 Å². The molecule has 0 saturated heterocycles. The van der Waals surface area contributed by atoms with Crippen LogP contribution in [0.25, 0.3) is 10.9 Å². The highest BCUT2D eigenvalue weighted by atomic mass is 16.5. The highest BCUT2D eigenvalue weighted by Gasteiger charge is 2.43. The van der Waals surface area contributed by atoms with Crippen LogP contribution >= 0.6 is 0 Å². The van der Waals surface area contributed by atoms with Gasteiger partial charge in [-0.2, -0.15) is 0 Å². The van der Waals surface area contributed by atoms with Crippen LogP contribution in [0.5, 0.6) is 0 Å². The summed E-state index contributed by atoms with van der Waals surface area (Å²) >= 11 is 0. The minimum absolute atomic E-state index is 0.0693. The predicted molar refractivity (Wildman–Crippen MR) is 116 cm³/mol. The molecule has 3 N–H and O–H groups in total. The molecule has 1 aliphatic rings. The highest BCUT2D eigenvalue weighted by Crippen LogP contribution is 2.28. The molecule has 0 bridgehead atoms. The maximum atomic E-state index is 12.9. The average Bonchev–Trinajstić information content (AvgIpc) is 3.35. The van der Waals surface area contributed by atoms with Gasteiger partial charge in [0, 0.05) is 29.1 Å². The summed E-state index contributed by atoms with van der Waals surface area (Å²) in [5, 5.41) is 9.31. The van der Waals surface area contributed by atoms with Crippen LogP contribution in [-0.2, 0) is 20.7 Å². The Labute approximate surface area is 188 Å². The molecule has 0 aliphatic carbocycles. The number of esters is 1. The lowest BCUT2D eigenvalue weighted by Crippen LogP contribution is -2.46. The number of nitrogens with zero attached hydrogens (tertiary/aromatic N) is 1. The van der Waals surface area contributed by atoms with Crippen molar-refractivity contribution < 1.29 is 29.1 Å². The van der Waals surface area contributed by atoms with Crippen LogP contribution in [0.15, 0.2) is 48.7 Å². The zero-order valence-corrected chi connectivity index (χ0v) is 17.5. The van der Waals surface area contributed by atoms with Crippen molar-refractivity contribution in [3.63, 3.8) is 0 Å². The molecule has 1 aliphatic heterocycles. The molecule has 0 spiro atoms. The van der Waals surface area contributed by atoms with Crippen LogP contribution in [0, 0.1) is 11.8 Å². The topological polar surface area (TPSA) is 129 Å². The van der Waals surface area contributed by atoms with Crippen molar-refractivity contribution in [2.45, 2.75) is 18.9 Å². The van der Waals surface area contributed by atoms with Gasteiger partial charge in [-0.15, -0.1) is 0 Å². The summed E-state index contributed by atoms with van der Waals surface area (Å²) in [6.07, 6.45) is 1.63. The van der Waals surface area contributed by atoms with Gasteiger partial charge in [-0.05, 0) is 29.8 Å². The van der Waals surface area contributed by atoms with Gasteiger partial charge in [0.25, 0.3) is 17.7 Å². The predicted octanol–water partition coefficient (Wildman–Crippen LogP) is 1.80. The normalized spacial score (nSPS) is 13.3. The van der Waals surface area contributed by atoms with Gasteiger partial charge in [-0.3, -0.25) is 24.5 Å². The Kier molecular flexibility index (Phi) is 5.93. The lowest BCUT2D eigenvalue weighted by Gasteiger charge is -2.23. The summed E-state index contributed by atoms with van der Waals surface area (Å²) in [6, 6.07) is 10.6. The third-order valence-electron chi connectivity index (χ3n) is 5.40. The zero-order valence-electron chi connectivity index (χ0n) is 17.5. The number of aromatic amines is 1. The fraction of sp³-hybridized carbons (Fsp3) is 0.167. The quantitative estimate of drug-likeness (QED) is 0.181. The number of carbonyl (C=O) groups excluding carboxylic acids is 4. The van der Waals surface area contributed by atoms with Gasteiger partial charge in [0.1, 0.15) is 6.04 Å². The smallest absolute Gasteiger partial charge is 0.329 e. The number of ether oxygens (including phenoxy) is 1. The number of benzene rings is 2. The van der Waals surface area contributed by atoms with Crippen molar-refractivity contribution in [3.05, 3.63) is 70.9 Å². The number of rotatable bonds is 5. The number of H-pyrrole nitrogens is 1. The minimum atomic E-state index is -1.13. The lowest BCUT2D eigenvalue weighted by atomic mass is 10.0. The second-order valence-corrected chi connectivity index (χ2v) is 7.36. The van der Waals surface area contributed by atoms with Gasteiger partial charge in [0.2, 0.25) is 0 Å². The molecule has 166 valence electrons. The summed E-state index contributed by atoms with van der Waals surface area (Å²) in [4.78, 5) is 53.6. The van der Waals surface area contributed by atoms with E-state index in [4.69, 9.17) is 9.94 Å². The van der Waals surface area contributed by atoms with Gasteiger partial charge >= 0.3 is 5.97 Å². The Bertz CT molecular complexity index is 1310. The third kappa shape index (κ3) is 4.07. The number of hydrogen-bond donors (Lipinski definition) is 3. The maximum Gasteiger partial charge on any atom is 0.329 e. The summed E-state index contributed by atoms with van der Waals surface area (Å²) in [6.45, 7) is 0. The van der Waals surface area contributed by atoms with E-state index >= 15 is 0 Å². The van der Waals surface area contributed by atoms with Crippen molar-refractivity contribution in [1.29, 1.82) is 0 Å². The van der Waals surface area contributed by atoms with Crippen LogP contribution < -0.4 is 5.48 Å². The van der Waals surface area contributed by atoms with Crippen molar-refractivity contribution in [1.82, 2.24) is 15.4 Å². The van der Waals surface area contributed by atoms with E-state index in [1.807, 2.05) is 0 Å². The van der Waals surface area contributed by atoms with Gasteiger partial charge in [0.05, 0.1) is 24.7 Å². The molecule has 9 heteroatoms. The first kappa shape index (κ1) is 21.8. The Morgan fingerprint density at radius 2 is 1.85 bits per heavy atom. The third-order valence-corrected chi connectivity index (χ3v) is 5.40. The summed E-state index contributed by atoms with van der Waals surface area (Å²) in [5.74, 6) is 3.13. The molecule has 0 radical (unpaired) electrons. The molecule has 0 fully saturated rings. The SMILES string of the molecule is COC(=O)C(Cc1c[nH]c2cc(C#CCC(=O)NO)ccc12)N1C(=O)c2ccccc2C1=O. The van der Waals surface area contributed by atoms with E-state index in [9.17, 15) is 19.2 Å². The summed E-state index contributed by atoms with van der Waals surface area (Å²) < 4.78 is 4.91. The average molecular weight is 445 g/mol. The van der Waals surface area contributed by atoms with Crippen molar-refractivity contribution in [2.75, 3.05) is 7.11 Å². The lowest BCUT2D eigenvalue weighted by molar-refractivity contribution is -0.145. The zero-order chi connectivity index (χ0) is 23.5. The van der Waals surface area contributed by atoms with E-state index in [1.165, 1.54) is 12.6 Å². The standard InChI is InChI=1S/C24H19N3O6/c1-33-24(31)20(27-22(29)17-6-2-3-7-18(17)23(27)30)12-15-13-25-19-11-14(9-10-16(15)19)5-4-8-21(28)26-32/h2-3,6-7,9-11,13,20,25,32H,8,12H2,1H3,(H,26,28). The number of methoxy groups -OCH3 is 1. The first-order valence-electron chi connectivity index (χ1n) is 10.0. The number of carbonyl (C=O) groups is 4. The molecule has 1 aromatic heterocycles. The largest absolute Gasteiger partial charge is 0.467 e. The molecule has 3 amide bonds. The van der Waals surface area contributed by atoms with Crippen molar-refractivity contribution >= 4 is 34.6 Å². The van der Waals surface area contributed by atoms with Crippen molar-refractivity contribution in [2.24, 2.45) is 0 Å². The maximum absolute atomic E-state index is 12.9. The van der Waals surface area contributed by atoms with Gasteiger partial charge in [0.15, 0.2) is 0 Å². The molecule has 1 unspecified atom stereocenters. The van der Waals surface area contributed by atoms with Crippen LogP contribution in [0.2, 0.25) is 0 Å². The second-order valence-electron chi connectivity index (χ2n) is 7.36. The van der Waals surface area contributed by atoms with Crippen LogP contribution in [0.1, 0.15) is 38.3 Å². The number of imide groups is 1. The fourth-order valence-electron chi connectivity index (χ4n) is 3.81. The van der Waals surface area contributed by atoms with E-state index < -0.39 is 29.7 Å². The van der Waals surface area contributed by atoms with Gasteiger partial charge < -0.3 is 9.72 Å². The molecule has 3 aromatic rings. The minimum Gasteiger partial charge on any atom is -0.467 e. The molecule has 2 aromatic carbocycles. The Balaban J connectivity index is 1.62. The number of nitrogens with one attached hydrogen (secondary N) is 2. The Morgan fingerprint density at radius 3 is 2.48 bits per heavy atom. The molecular formula is C24H19N3O6. The van der Waals surface area contributed by atoms with E-state index in [0.29, 0.717) is 5.56 Å². The monoisotopic (exact) mass is 445 g/mol. The van der Waals surface area contributed by atoms with Gasteiger partial charge in [-0.25, -0.2) is 10.3 Å². The first-order valence-corrected chi connectivity index (χ1v) is 10.0. The molecule has 2 heterocycles. The van der Waals surface area contributed by atoms with Crippen LogP contribution in [0.3, 0.4) is 0 Å². The second kappa shape index (κ2) is 8.98. The van der Waals surface area contributed by atoms with Crippen LogP contribution in [0.4, 0.5) is 0 Å². The van der Waals surface area contributed by atoms with E-state index in [2.05, 4.69) is 16.8 Å². The summed E-state index contributed by atoms with van der Waals surface area (Å²) in [5.41, 5.74) is 4.12. The van der Waals surface area contributed by atoms with E-state index in [0.717, 1.165) is 21.4 Å². The molecule has 1 atom stereocenters. The molecule has 9 nitrogen and oxygen atoms in total. The number of hydrogen-bond acceptors (Lipinski definition) is 6.